The molecule has 31 heavy (non-hydrogen) atoms. The SMILES string of the molecule is O=[N+]([O-])c1ccc(/C=N\N=P(c2ccccc2)(c2ccccc2)c2ccccc2)cc1. The van der Waals surface area contributed by atoms with Gasteiger partial charge in [-0.25, -0.2) is 0 Å². The number of benzene rings is 4. The predicted octanol–water partition coefficient (Wildman–Crippen LogP) is 5.11. The Bertz CT molecular complexity index is 1140. The standard InChI is InChI=1S/C25H20N3O2P/c29-28(30)22-18-16-21(17-19-22)20-26-27-31(23-10-4-1-5-11-23,24-12-6-2-7-13-24)25-14-8-3-9-15-25/h1-20H/b26-20-. The van der Waals surface area contributed by atoms with E-state index in [-0.39, 0.29) is 5.69 Å². The summed E-state index contributed by atoms with van der Waals surface area (Å²) in [6.07, 6.45) is 1.65. The van der Waals surface area contributed by atoms with E-state index in [1.54, 1.807) is 18.3 Å². The Morgan fingerprint density at radius 3 is 1.45 bits per heavy atom. The number of rotatable bonds is 6. The fourth-order valence-corrected chi connectivity index (χ4v) is 6.61. The van der Waals surface area contributed by atoms with Crippen molar-refractivity contribution in [3.05, 3.63) is 131 Å². The summed E-state index contributed by atoms with van der Waals surface area (Å²) >= 11 is 0. The lowest BCUT2D eigenvalue weighted by atomic mass is 10.2. The molecular formula is C25H20N3O2P. The minimum absolute atomic E-state index is 0.0498. The van der Waals surface area contributed by atoms with Crippen LogP contribution in [-0.2, 0) is 0 Å². The van der Waals surface area contributed by atoms with Crippen LogP contribution in [0.25, 0.3) is 0 Å². The van der Waals surface area contributed by atoms with Crippen molar-refractivity contribution < 1.29 is 4.92 Å². The molecule has 0 fully saturated rings. The number of nitro groups is 1. The van der Waals surface area contributed by atoms with Crippen LogP contribution >= 0.6 is 7.05 Å². The molecule has 6 heteroatoms. The molecule has 4 aromatic carbocycles. The first kappa shape index (κ1) is 20.5. The lowest BCUT2D eigenvalue weighted by Gasteiger charge is -2.25. The Balaban J connectivity index is 1.90. The Labute approximate surface area is 180 Å². The van der Waals surface area contributed by atoms with Gasteiger partial charge in [0.15, 0.2) is 0 Å². The van der Waals surface area contributed by atoms with Gasteiger partial charge < -0.3 is 0 Å². The smallest absolute Gasteiger partial charge is 0.258 e. The van der Waals surface area contributed by atoms with Crippen molar-refractivity contribution in [1.29, 1.82) is 0 Å². The molecule has 0 saturated heterocycles. The van der Waals surface area contributed by atoms with Crippen molar-refractivity contribution in [3.63, 3.8) is 0 Å². The Kier molecular flexibility index (Phi) is 6.16. The number of non-ortho nitro benzene ring substituents is 1. The molecule has 0 bridgehead atoms. The monoisotopic (exact) mass is 425 g/mol. The van der Waals surface area contributed by atoms with E-state index in [1.165, 1.54) is 12.1 Å². The molecule has 152 valence electrons. The van der Waals surface area contributed by atoms with Gasteiger partial charge >= 0.3 is 0 Å². The first-order chi connectivity index (χ1) is 15.2. The van der Waals surface area contributed by atoms with Crippen molar-refractivity contribution in [1.82, 2.24) is 0 Å². The second kappa shape index (κ2) is 9.33. The van der Waals surface area contributed by atoms with E-state index in [2.05, 4.69) is 41.5 Å². The van der Waals surface area contributed by atoms with Crippen molar-refractivity contribution in [2.75, 3.05) is 0 Å². The van der Waals surface area contributed by atoms with Gasteiger partial charge in [0.05, 0.1) is 18.2 Å². The highest BCUT2D eigenvalue weighted by atomic mass is 31.2. The molecule has 0 spiro atoms. The first-order valence-electron chi connectivity index (χ1n) is 9.76. The minimum atomic E-state index is -2.40. The molecule has 4 aromatic rings. The van der Waals surface area contributed by atoms with E-state index in [1.807, 2.05) is 54.6 Å². The molecule has 0 radical (unpaired) electrons. The van der Waals surface area contributed by atoms with Crippen molar-refractivity contribution in [3.8, 4) is 0 Å². The van der Waals surface area contributed by atoms with Crippen molar-refractivity contribution in [2.45, 2.75) is 0 Å². The van der Waals surface area contributed by atoms with Gasteiger partial charge in [0.25, 0.3) is 5.69 Å². The molecule has 0 saturated carbocycles. The second-order valence-electron chi connectivity index (χ2n) is 6.82. The lowest BCUT2D eigenvalue weighted by molar-refractivity contribution is -0.384. The number of hydrogen-bond donors (Lipinski definition) is 0. The van der Waals surface area contributed by atoms with Crippen LogP contribution < -0.4 is 15.9 Å². The fourth-order valence-electron chi connectivity index (χ4n) is 3.39. The summed E-state index contributed by atoms with van der Waals surface area (Å²) in [5, 5.41) is 18.7. The summed E-state index contributed by atoms with van der Waals surface area (Å²) in [6.45, 7) is 0. The minimum Gasteiger partial charge on any atom is -0.258 e. The normalized spacial score (nSPS) is 11.4. The highest BCUT2D eigenvalue weighted by molar-refractivity contribution is 7.87. The average Bonchev–Trinajstić information content (AvgIpc) is 2.84. The van der Waals surface area contributed by atoms with Gasteiger partial charge in [-0.2, -0.15) is 9.96 Å². The predicted molar refractivity (Wildman–Crippen MR) is 128 cm³/mol. The second-order valence-corrected chi connectivity index (χ2v) is 9.82. The van der Waals surface area contributed by atoms with Crippen molar-refractivity contribution >= 4 is 34.9 Å². The lowest BCUT2D eigenvalue weighted by Crippen LogP contribution is -2.25. The molecule has 0 atom stereocenters. The van der Waals surface area contributed by atoms with Gasteiger partial charge in [-0.3, -0.25) is 10.1 Å². The fraction of sp³-hybridized carbons (Fsp3) is 0. The van der Waals surface area contributed by atoms with Gasteiger partial charge in [0, 0.05) is 28.0 Å². The summed E-state index contributed by atoms with van der Waals surface area (Å²) in [4.78, 5) is 15.4. The number of nitro benzene ring substituents is 1. The summed E-state index contributed by atoms with van der Waals surface area (Å²) in [5.41, 5.74) is 0.801. The molecule has 0 heterocycles. The molecule has 5 nitrogen and oxygen atoms in total. The van der Waals surface area contributed by atoms with E-state index in [9.17, 15) is 10.1 Å². The molecule has 0 amide bonds. The summed E-state index contributed by atoms with van der Waals surface area (Å²) in [6, 6.07) is 37.0. The topological polar surface area (TPSA) is 67.9 Å². The highest BCUT2D eigenvalue weighted by Gasteiger charge is 2.27. The maximum absolute atomic E-state index is 10.9. The Morgan fingerprint density at radius 1 is 0.645 bits per heavy atom. The molecule has 0 aliphatic rings. The van der Waals surface area contributed by atoms with Gasteiger partial charge in [0.1, 0.15) is 0 Å². The van der Waals surface area contributed by atoms with E-state index < -0.39 is 12.0 Å². The maximum Gasteiger partial charge on any atom is 0.269 e. The first-order valence-corrected chi connectivity index (χ1v) is 11.5. The quantitative estimate of drug-likeness (QED) is 0.187. The Hall–Kier alpha value is -3.82. The highest BCUT2D eigenvalue weighted by Crippen LogP contribution is 2.46. The van der Waals surface area contributed by atoms with E-state index in [0.29, 0.717) is 0 Å². The maximum atomic E-state index is 10.9. The van der Waals surface area contributed by atoms with Gasteiger partial charge in [-0.05, 0) is 17.7 Å². The zero-order chi connectivity index (χ0) is 21.5. The van der Waals surface area contributed by atoms with Gasteiger partial charge in [-0.1, -0.05) is 91.0 Å². The third-order valence-electron chi connectivity index (χ3n) is 4.89. The number of nitrogens with zero attached hydrogens (tertiary/aromatic N) is 3. The summed E-state index contributed by atoms with van der Waals surface area (Å²) < 4.78 is 0. The van der Waals surface area contributed by atoms with Crippen molar-refractivity contribution in [2.24, 2.45) is 9.96 Å². The zero-order valence-electron chi connectivity index (χ0n) is 16.7. The Morgan fingerprint density at radius 2 is 1.06 bits per heavy atom. The van der Waals surface area contributed by atoms with E-state index in [0.717, 1.165) is 21.5 Å². The van der Waals surface area contributed by atoms with Crippen LogP contribution in [0.2, 0.25) is 0 Å². The van der Waals surface area contributed by atoms with Crippen LogP contribution in [-0.4, -0.2) is 11.1 Å². The van der Waals surface area contributed by atoms with Crippen LogP contribution in [0.3, 0.4) is 0 Å². The third kappa shape index (κ3) is 4.37. The molecule has 0 aromatic heterocycles. The van der Waals surface area contributed by atoms with Crippen LogP contribution in [0.5, 0.6) is 0 Å². The van der Waals surface area contributed by atoms with Gasteiger partial charge in [0.2, 0.25) is 0 Å². The van der Waals surface area contributed by atoms with Crippen LogP contribution in [0.15, 0.2) is 125 Å². The third-order valence-corrected chi connectivity index (χ3v) is 8.39. The van der Waals surface area contributed by atoms with Crippen LogP contribution in [0, 0.1) is 10.1 Å². The molecule has 0 aliphatic heterocycles. The van der Waals surface area contributed by atoms with Gasteiger partial charge in [-0.15, -0.1) is 0 Å². The average molecular weight is 425 g/mol. The van der Waals surface area contributed by atoms with E-state index in [4.69, 9.17) is 4.85 Å². The number of hydrogen-bond acceptors (Lipinski definition) is 3. The van der Waals surface area contributed by atoms with E-state index >= 15 is 0 Å². The van der Waals surface area contributed by atoms with Crippen LogP contribution in [0.4, 0.5) is 5.69 Å². The summed E-state index contributed by atoms with van der Waals surface area (Å²) in [7, 11) is -2.40. The molecular weight excluding hydrogens is 405 g/mol. The molecule has 0 unspecified atom stereocenters. The largest absolute Gasteiger partial charge is 0.269 e. The molecule has 0 aliphatic carbocycles. The zero-order valence-corrected chi connectivity index (χ0v) is 17.5. The molecule has 0 N–H and O–H groups in total. The molecule has 4 rings (SSSR count). The van der Waals surface area contributed by atoms with Crippen LogP contribution in [0.1, 0.15) is 5.56 Å². The summed E-state index contributed by atoms with van der Waals surface area (Å²) in [5.74, 6) is 0.